The molecular formula is C21H35FN2O2. The zero-order chi connectivity index (χ0) is 18.5. The van der Waals surface area contributed by atoms with Crippen LogP contribution in [0.15, 0.2) is 5.16 Å². The minimum Gasteiger partial charge on any atom is -0.394 e. The van der Waals surface area contributed by atoms with Gasteiger partial charge in [-0.3, -0.25) is 0 Å². The van der Waals surface area contributed by atoms with E-state index >= 15 is 0 Å². The Morgan fingerprint density at radius 1 is 1.15 bits per heavy atom. The number of aliphatic hydroxyl groups is 1. The van der Waals surface area contributed by atoms with Crippen molar-refractivity contribution < 1.29 is 14.3 Å². The summed E-state index contributed by atoms with van der Waals surface area (Å²) in [4.78, 5) is 5.19. The van der Waals surface area contributed by atoms with Crippen molar-refractivity contribution in [3.8, 4) is 0 Å². The van der Waals surface area contributed by atoms with Crippen molar-refractivity contribution in [2.24, 2.45) is 45.4 Å². The van der Waals surface area contributed by atoms with Crippen LogP contribution >= 0.6 is 0 Å². The second-order valence-corrected chi connectivity index (χ2v) is 9.87. The Morgan fingerprint density at radius 3 is 2.69 bits per heavy atom. The number of nitrogens with zero attached hydrogens (tertiary/aromatic N) is 1. The van der Waals surface area contributed by atoms with E-state index in [-0.39, 0.29) is 16.9 Å². The fourth-order valence-corrected chi connectivity index (χ4v) is 7.32. The summed E-state index contributed by atoms with van der Waals surface area (Å²) in [5, 5.41) is 14.6. The molecule has 0 aliphatic heterocycles. The molecule has 0 amide bonds. The van der Waals surface area contributed by atoms with Gasteiger partial charge in [-0.2, -0.15) is 0 Å². The highest BCUT2D eigenvalue weighted by Gasteiger charge is 2.60. The van der Waals surface area contributed by atoms with Crippen LogP contribution in [0.1, 0.15) is 65.2 Å². The highest BCUT2D eigenvalue weighted by atomic mass is 19.1. The van der Waals surface area contributed by atoms with Crippen LogP contribution in [0.3, 0.4) is 0 Å². The number of hydrogen-bond donors (Lipinski definition) is 2. The van der Waals surface area contributed by atoms with Crippen molar-refractivity contribution in [1.29, 1.82) is 0 Å². The molecule has 26 heavy (non-hydrogen) atoms. The number of aliphatic hydroxyl groups excluding tert-OH is 1. The van der Waals surface area contributed by atoms with Gasteiger partial charge in [-0.05, 0) is 85.9 Å². The molecule has 4 aliphatic carbocycles. The van der Waals surface area contributed by atoms with Crippen molar-refractivity contribution in [2.75, 3.05) is 13.2 Å². The molecule has 4 aliphatic rings. The average molecular weight is 367 g/mol. The summed E-state index contributed by atoms with van der Waals surface area (Å²) in [6.45, 7) is 5.40. The van der Waals surface area contributed by atoms with E-state index in [1.54, 1.807) is 0 Å². The molecule has 4 rings (SSSR count). The van der Waals surface area contributed by atoms with Gasteiger partial charge >= 0.3 is 0 Å². The number of oxime groups is 1. The third kappa shape index (κ3) is 2.72. The molecule has 8 atom stereocenters. The molecule has 0 aromatic rings. The Balaban J connectivity index is 1.54. The van der Waals surface area contributed by atoms with Crippen LogP contribution in [0.25, 0.3) is 0 Å². The molecule has 148 valence electrons. The van der Waals surface area contributed by atoms with E-state index in [4.69, 9.17) is 10.6 Å². The summed E-state index contributed by atoms with van der Waals surface area (Å²) >= 11 is 0. The Kier molecular flexibility index (Phi) is 4.84. The van der Waals surface area contributed by atoms with E-state index in [1.807, 2.05) is 0 Å². The van der Waals surface area contributed by atoms with E-state index < -0.39 is 6.17 Å². The van der Waals surface area contributed by atoms with E-state index in [9.17, 15) is 9.50 Å². The van der Waals surface area contributed by atoms with Crippen molar-refractivity contribution in [1.82, 2.24) is 0 Å². The van der Waals surface area contributed by atoms with Crippen molar-refractivity contribution >= 4 is 5.71 Å². The molecule has 0 aromatic heterocycles. The topological polar surface area (TPSA) is 67.8 Å². The number of alkyl halides is 1. The van der Waals surface area contributed by atoms with Gasteiger partial charge < -0.3 is 15.7 Å². The fourth-order valence-electron chi connectivity index (χ4n) is 7.32. The standard InChI is InChI=1S/C21H35FN2O2/c1-20-8-7-16-14(15(20)5-6-19(20)25)4-3-13-11-18(24-26-10-9-23)17(22)12-21(13,16)2/h13-17,19,25H,3-12,23H2,1-2H3/t13?,14-,15-,16+,17?,19?,20-,21-/m0/s1. The Labute approximate surface area is 156 Å². The molecular weight excluding hydrogens is 331 g/mol. The summed E-state index contributed by atoms with van der Waals surface area (Å²) in [5.41, 5.74) is 6.18. The summed E-state index contributed by atoms with van der Waals surface area (Å²) in [6.07, 6.45) is 6.90. The van der Waals surface area contributed by atoms with E-state index in [0.29, 0.717) is 49.0 Å². The molecule has 0 aromatic carbocycles. The third-order valence-corrected chi connectivity index (χ3v) is 8.84. The maximum Gasteiger partial charge on any atom is 0.142 e. The second-order valence-electron chi connectivity index (χ2n) is 9.87. The monoisotopic (exact) mass is 366 g/mol. The minimum atomic E-state index is -0.991. The van der Waals surface area contributed by atoms with Gasteiger partial charge in [0.25, 0.3) is 0 Å². The molecule has 0 saturated heterocycles. The normalized spacial score (nSPS) is 52.3. The predicted molar refractivity (Wildman–Crippen MR) is 100 cm³/mol. The summed E-state index contributed by atoms with van der Waals surface area (Å²) in [6, 6.07) is 0. The van der Waals surface area contributed by atoms with E-state index in [2.05, 4.69) is 19.0 Å². The second kappa shape index (κ2) is 6.73. The van der Waals surface area contributed by atoms with Crippen LogP contribution < -0.4 is 5.73 Å². The quantitative estimate of drug-likeness (QED) is 0.591. The molecule has 4 saturated carbocycles. The molecule has 0 heterocycles. The van der Waals surface area contributed by atoms with E-state index in [0.717, 1.165) is 38.5 Å². The van der Waals surface area contributed by atoms with Gasteiger partial charge in [-0.15, -0.1) is 0 Å². The summed E-state index contributed by atoms with van der Waals surface area (Å²) < 4.78 is 15.0. The molecule has 0 radical (unpaired) electrons. The lowest BCUT2D eigenvalue weighted by molar-refractivity contribution is -0.118. The third-order valence-electron chi connectivity index (χ3n) is 8.84. The average Bonchev–Trinajstić information content (AvgIpc) is 2.91. The van der Waals surface area contributed by atoms with Crippen molar-refractivity contribution in [2.45, 2.75) is 77.5 Å². The van der Waals surface area contributed by atoms with Crippen LogP contribution in [-0.4, -0.2) is 36.2 Å². The van der Waals surface area contributed by atoms with Gasteiger partial charge in [0.15, 0.2) is 0 Å². The molecule has 3 unspecified atom stereocenters. The maximum absolute atomic E-state index is 15.0. The van der Waals surface area contributed by atoms with Gasteiger partial charge in [0.05, 0.1) is 11.8 Å². The van der Waals surface area contributed by atoms with Gasteiger partial charge in [0.1, 0.15) is 12.8 Å². The highest BCUT2D eigenvalue weighted by Crippen LogP contribution is 2.66. The number of hydrogen-bond acceptors (Lipinski definition) is 4. The molecule has 3 N–H and O–H groups in total. The lowest BCUT2D eigenvalue weighted by atomic mass is 9.45. The van der Waals surface area contributed by atoms with Crippen molar-refractivity contribution in [3.63, 3.8) is 0 Å². The van der Waals surface area contributed by atoms with Gasteiger partial charge in [0, 0.05) is 6.54 Å². The van der Waals surface area contributed by atoms with Crippen LogP contribution in [0.5, 0.6) is 0 Å². The zero-order valence-electron chi connectivity index (χ0n) is 16.3. The Hall–Kier alpha value is -0.680. The first-order chi connectivity index (χ1) is 12.4. The SMILES string of the molecule is C[C@]12CC(F)C(=NOCCN)CC1CC[C@@H]1[C@H]2CC[C@]2(C)C(O)CC[C@@H]12. The predicted octanol–water partition coefficient (Wildman–Crippen LogP) is 3.67. The summed E-state index contributed by atoms with van der Waals surface area (Å²) in [7, 11) is 0. The molecule has 0 bridgehead atoms. The van der Waals surface area contributed by atoms with Gasteiger partial charge in [-0.1, -0.05) is 19.0 Å². The lowest BCUT2D eigenvalue weighted by Crippen LogP contribution is -2.55. The van der Waals surface area contributed by atoms with Crippen LogP contribution in [-0.2, 0) is 4.84 Å². The fraction of sp³-hybridized carbons (Fsp3) is 0.952. The Morgan fingerprint density at radius 2 is 1.92 bits per heavy atom. The number of nitrogens with two attached hydrogens (primary N) is 1. The number of rotatable bonds is 3. The maximum atomic E-state index is 15.0. The zero-order valence-corrected chi connectivity index (χ0v) is 16.3. The number of fused-ring (bicyclic) bond motifs is 5. The van der Waals surface area contributed by atoms with Crippen molar-refractivity contribution in [3.05, 3.63) is 0 Å². The minimum absolute atomic E-state index is 0.0596. The Bertz CT molecular complexity index is 570. The van der Waals surface area contributed by atoms with Crippen LogP contribution in [0.2, 0.25) is 0 Å². The van der Waals surface area contributed by atoms with Gasteiger partial charge in [-0.25, -0.2) is 4.39 Å². The number of halogens is 1. The molecule has 4 nitrogen and oxygen atoms in total. The smallest absolute Gasteiger partial charge is 0.142 e. The highest BCUT2D eigenvalue weighted by molar-refractivity contribution is 5.89. The molecule has 0 spiro atoms. The molecule has 4 fully saturated rings. The largest absolute Gasteiger partial charge is 0.394 e. The summed E-state index contributed by atoms with van der Waals surface area (Å²) in [5.74, 6) is 2.38. The first kappa shape index (κ1) is 18.7. The van der Waals surface area contributed by atoms with E-state index in [1.165, 1.54) is 6.42 Å². The van der Waals surface area contributed by atoms with Crippen LogP contribution in [0.4, 0.5) is 4.39 Å². The van der Waals surface area contributed by atoms with Crippen LogP contribution in [0, 0.1) is 34.5 Å². The molecule has 5 heteroatoms. The first-order valence-corrected chi connectivity index (χ1v) is 10.6. The van der Waals surface area contributed by atoms with Gasteiger partial charge in [0.2, 0.25) is 0 Å². The lowest BCUT2D eigenvalue weighted by Gasteiger charge is -2.60. The first-order valence-electron chi connectivity index (χ1n) is 10.6.